The van der Waals surface area contributed by atoms with Crippen molar-refractivity contribution in [2.24, 2.45) is 5.41 Å². The summed E-state index contributed by atoms with van der Waals surface area (Å²) in [6.07, 6.45) is 1.10. The summed E-state index contributed by atoms with van der Waals surface area (Å²) in [6, 6.07) is 0. The van der Waals surface area contributed by atoms with Crippen LogP contribution in [0.2, 0.25) is 0 Å². The molecule has 0 heterocycles. The first kappa shape index (κ1) is 11.7. The maximum Gasteiger partial charge on any atom is 0.319 e. The Hall–Kier alpha value is -1.39. The Balaban J connectivity index is 2.91. The van der Waals surface area contributed by atoms with Crippen molar-refractivity contribution in [3.8, 4) is 0 Å². The van der Waals surface area contributed by atoms with Crippen LogP contribution < -0.4 is 0 Å². The summed E-state index contributed by atoms with van der Waals surface area (Å²) in [7, 11) is 2.44. The van der Waals surface area contributed by atoms with Gasteiger partial charge in [-0.25, -0.2) is 0 Å². The number of carbonyl (C=O) groups is 3. The summed E-state index contributed by atoms with van der Waals surface area (Å²) in [6.45, 7) is 0. The largest absolute Gasteiger partial charge is 0.469 e. The van der Waals surface area contributed by atoms with Crippen LogP contribution in [0.15, 0.2) is 0 Å². The van der Waals surface area contributed by atoms with Crippen LogP contribution in [0.3, 0.4) is 0 Å². The van der Waals surface area contributed by atoms with E-state index in [1.54, 1.807) is 0 Å². The van der Waals surface area contributed by atoms with Crippen molar-refractivity contribution < 1.29 is 23.9 Å². The monoisotopic (exact) mass is 214 g/mol. The fraction of sp³-hybridized carbons (Fsp3) is 0.700. The van der Waals surface area contributed by atoms with E-state index < -0.39 is 17.4 Å². The second kappa shape index (κ2) is 4.42. The van der Waals surface area contributed by atoms with Gasteiger partial charge in [-0.1, -0.05) is 0 Å². The molecule has 0 bridgehead atoms. The number of esters is 2. The van der Waals surface area contributed by atoms with Gasteiger partial charge < -0.3 is 9.47 Å². The number of hydrogen-bond donors (Lipinski definition) is 0. The standard InChI is InChI=1S/C10H14O5/c1-14-8(12)6-10(9(13)15-2)5-3-4-7(10)11/h3-6H2,1-2H3/t10-/m1/s1. The zero-order valence-electron chi connectivity index (χ0n) is 8.87. The molecule has 15 heavy (non-hydrogen) atoms. The smallest absolute Gasteiger partial charge is 0.319 e. The predicted molar refractivity (Wildman–Crippen MR) is 49.9 cm³/mol. The highest BCUT2D eigenvalue weighted by Gasteiger charge is 2.51. The predicted octanol–water partition coefficient (Wildman–Crippen LogP) is 0.462. The summed E-state index contributed by atoms with van der Waals surface area (Å²) in [5, 5.41) is 0. The normalized spacial score (nSPS) is 25.1. The second-order valence-electron chi connectivity index (χ2n) is 3.60. The number of hydrogen-bond acceptors (Lipinski definition) is 5. The molecule has 0 aromatic rings. The molecule has 1 atom stereocenters. The number of carbonyl (C=O) groups excluding carboxylic acids is 3. The minimum atomic E-state index is -1.29. The van der Waals surface area contributed by atoms with E-state index in [-0.39, 0.29) is 12.2 Å². The van der Waals surface area contributed by atoms with Crippen LogP contribution >= 0.6 is 0 Å². The summed E-state index contributed by atoms with van der Waals surface area (Å²) in [5.74, 6) is -1.41. The second-order valence-corrected chi connectivity index (χ2v) is 3.60. The highest BCUT2D eigenvalue weighted by Crippen LogP contribution is 2.39. The zero-order chi connectivity index (χ0) is 11.5. The number of Topliss-reactive ketones (excluding diaryl/α,β-unsaturated/α-hetero) is 1. The first-order chi connectivity index (χ1) is 7.06. The molecule has 5 nitrogen and oxygen atoms in total. The van der Waals surface area contributed by atoms with Crippen LogP contribution in [0.5, 0.6) is 0 Å². The van der Waals surface area contributed by atoms with Crippen molar-refractivity contribution in [3.63, 3.8) is 0 Å². The minimum absolute atomic E-state index is 0.213. The SMILES string of the molecule is COC(=O)C[C@]1(C(=O)OC)CCCC1=O. The zero-order valence-corrected chi connectivity index (χ0v) is 8.87. The third-order valence-electron chi connectivity index (χ3n) is 2.79. The van der Waals surface area contributed by atoms with Crippen molar-refractivity contribution in [2.75, 3.05) is 14.2 Å². The molecule has 84 valence electrons. The average molecular weight is 214 g/mol. The van der Waals surface area contributed by atoms with Crippen LogP contribution in [0.25, 0.3) is 0 Å². The Kier molecular flexibility index (Phi) is 3.44. The average Bonchev–Trinajstić information content (AvgIpc) is 2.60. The molecule has 0 N–H and O–H groups in total. The molecule has 1 rings (SSSR count). The topological polar surface area (TPSA) is 69.7 Å². The number of ether oxygens (including phenoxy) is 2. The highest BCUT2D eigenvalue weighted by molar-refractivity contribution is 6.07. The first-order valence-electron chi connectivity index (χ1n) is 4.75. The lowest BCUT2D eigenvalue weighted by Gasteiger charge is -2.22. The van der Waals surface area contributed by atoms with Crippen LogP contribution in [-0.2, 0) is 23.9 Å². The van der Waals surface area contributed by atoms with Crippen LogP contribution in [0.4, 0.5) is 0 Å². The molecule has 0 unspecified atom stereocenters. The molecule has 5 heteroatoms. The van der Waals surface area contributed by atoms with Crippen molar-refractivity contribution >= 4 is 17.7 Å². The van der Waals surface area contributed by atoms with Crippen molar-refractivity contribution in [2.45, 2.75) is 25.7 Å². The van der Waals surface area contributed by atoms with Gasteiger partial charge in [0.25, 0.3) is 0 Å². The minimum Gasteiger partial charge on any atom is -0.469 e. The molecule has 1 saturated carbocycles. The van der Waals surface area contributed by atoms with E-state index >= 15 is 0 Å². The first-order valence-corrected chi connectivity index (χ1v) is 4.75. The van der Waals surface area contributed by atoms with Crippen molar-refractivity contribution in [1.29, 1.82) is 0 Å². The molecule has 1 fully saturated rings. The van der Waals surface area contributed by atoms with E-state index in [2.05, 4.69) is 9.47 Å². The van der Waals surface area contributed by atoms with Crippen LogP contribution in [0, 0.1) is 5.41 Å². The van der Waals surface area contributed by atoms with Gasteiger partial charge in [0, 0.05) is 6.42 Å². The van der Waals surface area contributed by atoms with E-state index in [0.717, 1.165) is 0 Å². The molecule has 0 aromatic heterocycles. The van der Waals surface area contributed by atoms with Gasteiger partial charge in [0.2, 0.25) is 0 Å². The molecular formula is C10H14O5. The molecular weight excluding hydrogens is 200 g/mol. The van der Waals surface area contributed by atoms with E-state index in [4.69, 9.17) is 0 Å². The van der Waals surface area contributed by atoms with Gasteiger partial charge in [0.05, 0.1) is 20.6 Å². The Bertz CT molecular complexity index is 296. The summed E-state index contributed by atoms with van der Waals surface area (Å²) in [4.78, 5) is 34.3. The molecule has 1 aliphatic rings. The van der Waals surface area contributed by atoms with E-state index in [0.29, 0.717) is 19.3 Å². The Morgan fingerprint density at radius 1 is 1.33 bits per heavy atom. The lowest BCUT2D eigenvalue weighted by molar-refractivity contribution is -0.162. The summed E-state index contributed by atoms with van der Waals surface area (Å²) in [5.41, 5.74) is -1.29. The lowest BCUT2D eigenvalue weighted by atomic mass is 9.82. The lowest BCUT2D eigenvalue weighted by Crippen LogP contribution is -2.38. The Morgan fingerprint density at radius 3 is 2.40 bits per heavy atom. The summed E-state index contributed by atoms with van der Waals surface area (Å²) >= 11 is 0. The number of rotatable bonds is 3. The van der Waals surface area contributed by atoms with Crippen LogP contribution in [0.1, 0.15) is 25.7 Å². The van der Waals surface area contributed by atoms with E-state index in [9.17, 15) is 14.4 Å². The molecule has 0 aromatic carbocycles. The maximum absolute atomic E-state index is 11.6. The van der Waals surface area contributed by atoms with Gasteiger partial charge in [-0.05, 0) is 12.8 Å². The quantitative estimate of drug-likeness (QED) is 0.504. The molecule has 0 saturated heterocycles. The third kappa shape index (κ3) is 2.00. The van der Waals surface area contributed by atoms with E-state index in [1.807, 2.05) is 0 Å². The summed E-state index contributed by atoms with van der Waals surface area (Å²) < 4.78 is 9.07. The number of methoxy groups -OCH3 is 2. The fourth-order valence-electron chi connectivity index (χ4n) is 1.92. The Morgan fingerprint density at radius 2 is 2.00 bits per heavy atom. The fourth-order valence-corrected chi connectivity index (χ4v) is 1.92. The van der Waals surface area contributed by atoms with Gasteiger partial charge in [-0.15, -0.1) is 0 Å². The highest BCUT2D eigenvalue weighted by atomic mass is 16.5. The van der Waals surface area contributed by atoms with E-state index in [1.165, 1.54) is 14.2 Å². The van der Waals surface area contributed by atoms with Gasteiger partial charge in [0.1, 0.15) is 5.41 Å². The maximum atomic E-state index is 11.6. The number of ketones is 1. The molecule has 0 amide bonds. The van der Waals surface area contributed by atoms with Crippen LogP contribution in [-0.4, -0.2) is 31.9 Å². The third-order valence-corrected chi connectivity index (χ3v) is 2.79. The van der Waals surface area contributed by atoms with Gasteiger partial charge in [0.15, 0.2) is 5.78 Å². The van der Waals surface area contributed by atoms with Crippen molar-refractivity contribution in [1.82, 2.24) is 0 Å². The van der Waals surface area contributed by atoms with Crippen molar-refractivity contribution in [3.05, 3.63) is 0 Å². The molecule has 0 spiro atoms. The molecule has 1 aliphatic carbocycles. The van der Waals surface area contributed by atoms with Gasteiger partial charge >= 0.3 is 11.9 Å². The molecule has 0 radical (unpaired) electrons. The Labute approximate surface area is 87.7 Å². The van der Waals surface area contributed by atoms with Gasteiger partial charge in [-0.3, -0.25) is 14.4 Å². The molecule has 0 aliphatic heterocycles. The van der Waals surface area contributed by atoms with Gasteiger partial charge in [-0.2, -0.15) is 0 Å².